The van der Waals surface area contributed by atoms with Gasteiger partial charge in [0.05, 0.1) is 0 Å². The summed E-state index contributed by atoms with van der Waals surface area (Å²) in [6.07, 6.45) is 0. The third-order valence-electron chi connectivity index (χ3n) is 1.41. The first-order valence-electron chi connectivity index (χ1n) is 3.63. The van der Waals surface area contributed by atoms with Gasteiger partial charge in [0.25, 0.3) is 0 Å². The predicted molar refractivity (Wildman–Crippen MR) is 51.0 cm³/mol. The first kappa shape index (κ1) is 10.1. The first-order valence-corrected chi connectivity index (χ1v) is 6.18. The number of carbonyl (C=O) groups excluding carboxylic acids is 1. The molecule has 1 rings (SSSR count). The van der Waals surface area contributed by atoms with Gasteiger partial charge in [-0.3, -0.25) is 0 Å². The van der Waals surface area contributed by atoms with Crippen LogP contribution in [0.3, 0.4) is 0 Å². The molecule has 0 bridgehead atoms. The van der Waals surface area contributed by atoms with Gasteiger partial charge in [0.2, 0.25) is 0 Å². The normalized spacial score (nSPS) is 12.2. The van der Waals surface area contributed by atoms with E-state index >= 15 is 0 Å². The molecule has 0 saturated heterocycles. The zero-order valence-corrected chi connectivity index (χ0v) is 8.82. The van der Waals surface area contributed by atoms with Crippen LogP contribution in [-0.2, 0) is 8.63 Å². The van der Waals surface area contributed by atoms with E-state index in [4.69, 9.17) is 4.75 Å². The maximum absolute atomic E-state index is 10.9. The fraction of sp³-hybridized carbons (Fsp3) is 0.125. The van der Waals surface area contributed by atoms with E-state index in [1.807, 2.05) is 0 Å². The molecule has 1 aromatic carbocycles. The van der Waals surface area contributed by atoms with Gasteiger partial charge in [0.1, 0.15) is 0 Å². The van der Waals surface area contributed by atoms with Crippen molar-refractivity contribution in [2.45, 2.75) is 6.92 Å². The molecule has 0 aromatic heterocycles. The quantitative estimate of drug-likeness (QED) is 0.704. The van der Waals surface area contributed by atoms with Crippen molar-refractivity contribution in [2.24, 2.45) is 4.75 Å². The van der Waals surface area contributed by atoms with Crippen LogP contribution in [0.5, 0.6) is 0 Å². The molecule has 1 amide bonds. The third-order valence-corrected chi connectivity index (χ3v) is 2.95. The van der Waals surface area contributed by atoms with E-state index in [-0.39, 0.29) is 5.91 Å². The summed E-state index contributed by atoms with van der Waals surface area (Å²) in [6, 6.07) is 6.67. The Bertz CT molecular complexity index is 335. The van der Waals surface area contributed by atoms with Gasteiger partial charge in [0.15, 0.2) is 0 Å². The third kappa shape index (κ3) is 3.06. The molecule has 0 heterocycles. The second kappa shape index (κ2) is 4.28. The van der Waals surface area contributed by atoms with Crippen LogP contribution in [0.1, 0.15) is 6.92 Å². The van der Waals surface area contributed by atoms with Crippen molar-refractivity contribution in [1.82, 2.24) is 0 Å². The Morgan fingerprint density at radius 1 is 1.38 bits per heavy atom. The van der Waals surface area contributed by atoms with E-state index in [0.717, 1.165) is 0 Å². The Morgan fingerprint density at radius 2 is 1.92 bits per heavy atom. The average molecular weight is 245 g/mol. The fourth-order valence-electron chi connectivity index (χ4n) is 0.876. The number of hydrogen-bond donors (Lipinski definition) is 2. The van der Waals surface area contributed by atoms with Gasteiger partial charge in [-0.25, -0.2) is 0 Å². The summed E-state index contributed by atoms with van der Waals surface area (Å²) < 4.78 is 16.8. The molecule has 0 fully saturated rings. The first-order chi connectivity index (χ1) is 6.09. The van der Waals surface area contributed by atoms with Crippen LogP contribution < -0.4 is 14.5 Å². The Hall–Kier alpha value is -1.03. The summed E-state index contributed by atoms with van der Waals surface area (Å²) in [5.74, 6) is -0.129. The van der Waals surface area contributed by atoms with Crippen molar-refractivity contribution < 1.29 is 8.63 Å². The van der Waals surface area contributed by atoms with Crippen LogP contribution in [0.4, 0.5) is 5.69 Å². The van der Waals surface area contributed by atoms with E-state index in [1.54, 1.807) is 24.3 Å². The van der Waals surface area contributed by atoms with Gasteiger partial charge in [-0.1, -0.05) is 0 Å². The van der Waals surface area contributed by atoms with E-state index < -0.39 is 14.1 Å². The molecule has 0 spiro atoms. The van der Waals surface area contributed by atoms with Crippen molar-refractivity contribution in [3.63, 3.8) is 0 Å². The van der Waals surface area contributed by atoms with Gasteiger partial charge < -0.3 is 0 Å². The minimum absolute atomic E-state index is 0.129. The van der Waals surface area contributed by atoms with E-state index in [9.17, 15) is 8.63 Å². The van der Waals surface area contributed by atoms with Crippen LogP contribution >= 0.6 is 0 Å². The van der Waals surface area contributed by atoms with Crippen molar-refractivity contribution in [3.05, 3.63) is 24.3 Å². The summed E-state index contributed by atoms with van der Waals surface area (Å²) >= 11 is -2.32. The number of anilines is 1. The van der Waals surface area contributed by atoms with Gasteiger partial charge in [-0.15, -0.1) is 0 Å². The zero-order chi connectivity index (χ0) is 9.84. The van der Waals surface area contributed by atoms with Crippen LogP contribution in [-0.4, -0.2) is 20.0 Å². The molecule has 70 valence electrons. The zero-order valence-electron chi connectivity index (χ0n) is 7.11. The summed E-state index contributed by atoms with van der Waals surface area (Å²) in [7, 11) is 0. The maximum atomic E-state index is 10.9. The Kier molecular flexibility index (Phi) is 3.31. The van der Waals surface area contributed by atoms with Crippen LogP contribution in [0.25, 0.3) is 0 Å². The number of rotatable bonds is 2. The molecule has 0 aliphatic heterocycles. The molecule has 1 unspecified atom stereocenters. The number of hydrogen-bond acceptors (Lipinski definition) is 2. The summed E-state index contributed by atoms with van der Waals surface area (Å²) in [4.78, 5) is 10.6. The minimum atomic E-state index is -2.32. The van der Waals surface area contributed by atoms with Crippen molar-refractivity contribution in [3.8, 4) is 0 Å². The Morgan fingerprint density at radius 3 is 2.31 bits per heavy atom. The molecular weight excluding hydrogens is 235 g/mol. The molecular formula is C8H10N2O2Se. The molecule has 5 heteroatoms. The number of benzene rings is 1. The van der Waals surface area contributed by atoms with Crippen molar-refractivity contribution >= 4 is 30.1 Å². The second-order valence-corrected chi connectivity index (χ2v) is 4.74. The standard InChI is InChI=1S/C8H10N2O2Se/c1-6(11)10-7-2-4-8(5-3-7)13(9)12/h2-5H,9H2,1H3,(H,10,11). The number of carbonyl (C=O) groups is 1. The van der Waals surface area contributed by atoms with E-state index in [2.05, 4.69) is 5.32 Å². The molecule has 3 N–H and O–H groups in total. The Labute approximate surface area is 80.4 Å². The van der Waals surface area contributed by atoms with Crippen molar-refractivity contribution in [1.29, 1.82) is 0 Å². The average Bonchev–Trinajstić information content (AvgIpc) is 2.04. The topological polar surface area (TPSA) is 72.2 Å². The number of amides is 1. The summed E-state index contributed by atoms with van der Waals surface area (Å²) in [5.41, 5.74) is 0.684. The molecule has 1 aromatic rings. The van der Waals surface area contributed by atoms with Gasteiger partial charge in [-0.2, -0.15) is 0 Å². The van der Waals surface area contributed by atoms with Gasteiger partial charge >= 0.3 is 80.0 Å². The second-order valence-electron chi connectivity index (χ2n) is 2.50. The van der Waals surface area contributed by atoms with Crippen LogP contribution in [0.15, 0.2) is 24.3 Å². The van der Waals surface area contributed by atoms with E-state index in [1.165, 1.54) is 6.92 Å². The summed E-state index contributed by atoms with van der Waals surface area (Å²) in [6.45, 7) is 1.43. The Balaban J connectivity index is 2.81. The van der Waals surface area contributed by atoms with Crippen molar-refractivity contribution in [2.75, 3.05) is 5.32 Å². The molecule has 0 radical (unpaired) electrons. The van der Waals surface area contributed by atoms with Crippen LogP contribution in [0, 0.1) is 0 Å². The SMILES string of the molecule is CC(=O)Nc1ccc([Se](N)=O)cc1. The molecule has 1 atom stereocenters. The molecule has 0 saturated carbocycles. The number of nitrogens with two attached hydrogens (primary N) is 1. The molecule has 0 aliphatic rings. The predicted octanol–water partition coefficient (Wildman–Crippen LogP) is -0.271. The van der Waals surface area contributed by atoms with Crippen LogP contribution in [0.2, 0.25) is 0 Å². The van der Waals surface area contributed by atoms with E-state index in [0.29, 0.717) is 10.1 Å². The monoisotopic (exact) mass is 246 g/mol. The van der Waals surface area contributed by atoms with Gasteiger partial charge in [0, 0.05) is 0 Å². The number of nitrogens with one attached hydrogen (secondary N) is 1. The van der Waals surface area contributed by atoms with Gasteiger partial charge in [-0.05, 0) is 0 Å². The molecule has 13 heavy (non-hydrogen) atoms. The molecule has 4 nitrogen and oxygen atoms in total. The molecule has 0 aliphatic carbocycles. The summed E-state index contributed by atoms with van der Waals surface area (Å²) in [5, 5.41) is 2.60. The fourth-order valence-corrected chi connectivity index (χ4v) is 1.72.